The highest BCUT2D eigenvalue weighted by Gasteiger charge is 2.16. The summed E-state index contributed by atoms with van der Waals surface area (Å²) in [6.45, 7) is 6.00. The Morgan fingerprint density at radius 1 is 0.885 bits per heavy atom. The molecule has 4 aromatic heterocycles. The van der Waals surface area contributed by atoms with Gasteiger partial charge < -0.3 is 0 Å². The van der Waals surface area contributed by atoms with Gasteiger partial charge in [0.15, 0.2) is 0 Å². The third-order valence-electron chi connectivity index (χ3n) is 4.19. The molecule has 26 heavy (non-hydrogen) atoms. The Balaban J connectivity index is 1.85. The topological polar surface area (TPSA) is 74.3 Å². The highest BCUT2D eigenvalue weighted by Crippen LogP contribution is 2.23. The third kappa shape index (κ3) is 2.99. The van der Waals surface area contributed by atoms with Crippen LogP contribution in [0.2, 0.25) is 0 Å². The van der Waals surface area contributed by atoms with Crippen molar-refractivity contribution in [2.45, 2.75) is 27.2 Å². The first-order chi connectivity index (χ1) is 12.6. The van der Waals surface area contributed by atoms with Crippen LogP contribution in [0.25, 0.3) is 11.4 Å². The minimum absolute atomic E-state index is 0.637. The molecule has 0 aliphatic heterocycles. The SMILES string of the molecule is Cc1cc(Cc2nc(C)ccc2-n2nccn2)c(-n2cccn2)c(C)n1. The number of aryl methyl sites for hydroxylation is 3. The number of rotatable bonds is 4. The van der Waals surface area contributed by atoms with Gasteiger partial charge in [0.1, 0.15) is 5.69 Å². The first kappa shape index (κ1) is 16.1. The number of nitrogens with zero attached hydrogens (tertiary/aromatic N) is 7. The van der Waals surface area contributed by atoms with E-state index >= 15 is 0 Å². The van der Waals surface area contributed by atoms with Crippen LogP contribution in [0, 0.1) is 20.8 Å². The summed E-state index contributed by atoms with van der Waals surface area (Å²) in [5, 5.41) is 12.9. The van der Waals surface area contributed by atoms with E-state index in [2.05, 4.69) is 26.3 Å². The monoisotopic (exact) mass is 345 g/mol. The van der Waals surface area contributed by atoms with Gasteiger partial charge in [0.05, 0.1) is 29.5 Å². The predicted octanol–water partition coefficient (Wildman–Crippen LogP) is 2.76. The van der Waals surface area contributed by atoms with E-state index in [-0.39, 0.29) is 0 Å². The zero-order valence-corrected chi connectivity index (χ0v) is 15.0. The summed E-state index contributed by atoms with van der Waals surface area (Å²) in [6, 6.07) is 7.98. The Bertz CT molecular complexity index is 1030. The Morgan fingerprint density at radius 3 is 2.42 bits per heavy atom. The van der Waals surface area contributed by atoms with Crippen LogP contribution in [-0.2, 0) is 6.42 Å². The molecule has 0 N–H and O–H groups in total. The van der Waals surface area contributed by atoms with Crippen molar-refractivity contribution in [3.8, 4) is 11.4 Å². The molecule has 4 heterocycles. The average molecular weight is 345 g/mol. The van der Waals surface area contributed by atoms with Gasteiger partial charge in [-0.05, 0) is 50.6 Å². The lowest BCUT2D eigenvalue weighted by Crippen LogP contribution is -2.10. The molecule has 0 amide bonds. The van der Waals surface area contributed by atoms with E-state index in [1.807, 2.05) is 49.8 Å². The molecular weight excluding hydrogens is 326 g/mol. The van der Waals surface area contributed by atoms with Gasteiger partial charge in [0.2, 0.25) is 0 Å². The molecule has 0 atom stereocenters. The summed E-state index contributed by atoms with van der Waals surface area (Å²) >= 11 is 0. The van der Waals surface area contributed by atoms with Crippen LogP contribution in [0.1, 0.15) is 28.3 Å². The van der Waals surface area contributed by atoms with Crippen molar-refractivity contribution < 1.29 is 0 Å². The molecule has 0 radical (unpaired) electrons. The molecule has 0 saturated heterocycles. The minimum atomic E-state index is 0.637. The Labute approximate surface area is 151 Å². The Hall–Kier alpha value is -3.35. The fourth-order valence-electron chi connectivity index (χ4n) is 3.19. The van der Waals surface area contributed by atoms with Gasteiger partial charge in [-0.15, -0.1) is 4.80 Å². The molecular formula is C19H19N7. The summed E-state index contributed by atoms with van der Waals surface area (Å²) < 4.78 is 1.86. The molecule has 0 aliphatic rings. The normalized spacial score (nSPS) is 11.0. The molecule has 0 spiro atoms. The van der Waals surface area contributed by atoms with Gasteiger partial charge in [0.25, 0.3) is 0 Å². The lowest BCUT2D eigenvalue weighted by molar-refractivity contribution is 0.734. The number of aromatic nitrogens is 7. The van der Waals surface area contributed by atoms with Gasteiger partial charge in [0, 0.05) is 30.2 Å². The van der Waals surface area contributed by atoms with Crippen LogP contribution in [0.3, 0.4) is 0 Å². The molecule has 0 unspecified atom stereocenters. The molecule has 0 aromatic carbocycles. The van der Waals surface area contributed by atoms with Gasteiger partial charge in [-0.25, -0.2) is 4.68 Å². The summed E-state index contributed by atoms with van der Waals surface area (Å²) in [5.41, 5.74) is 6.77. The highest BCUT2D eigenvalue weighted by atomic mass is 15.5. The smallest absolute Gasteiger partial charge is 0.107 e. The van der Waals surface area contributed by atoms with Crippen LogP contribution in [0.4, 0.5) is 0 Å². The van der Waals surface area contributed by atoms with E-state index in [1.54, 1.807) is 23.4 Å². The fourth-order valence-corrected chi connectivity index (χ4v) is 3.19. The maximum atomic E-state index is 4.76. The van der Waals surface area contributed by atoms with E-state index in [9.17, 15) is 0 Å². The number of pyridine rings is 2. The van der Waals surface area contributed by atoms with Crippen molar-refractivity contribution in [2.75, 3.05) is 0 Å². The maximum absolute atomic E-state index is 4.76. The zero-order valence-electron chi connectivity index (χ0n) is 15.0. The molecule has 130 valence electrons. The van der Waals surface area contributed by atoms with Crippen molar-refractivity contribution in [3.05, 3.63) is 77.4 Å². The first-order valence-electron chi connectivity index (χ1n) is 8.42. The van der Waals surface area contributed by atoms with E-state index in [0.29, 0.717) is 6.42 Å². The molecule has 4 rings (SSSR count). The maximum Gasteiger partial charge on any atom is 0.107 e. The summed E-state index contributed by atoms with van der Waals surface area (Å²) in [7, 11) is 0. The average Bonchev–Trinajstić information content (AvgIpc) is 3.28. The molecule has 0 bridgehead atoms. The predicted molar refractivity (Wildman–Crippen MR) is 97.5 cm³/mol. The van der Waals surface area contributed by atoms with Crippen molar-refractivity contribution in [1.29, 1.82) is 0 Å². The van der Waals surface area contributed by atoms with Crippen molar-refractivity contribution in [3.63, 3.8) is 0 Å². The van der Waals surface area contributed by atoms with Crippen molar-refractivity contribution in [2.24, 2.45) is 0 Å². The summed E-state index contributed by atoms with van der Waals surface area (Å²) in [4.78, 5) is 11.0. The second kappa shape index (κ2) is 6.51. The lowest BCUT2D eigenvalue weighted by Gasteiger charge is -2.15. The van der Waals surface area contributed by atoms with Gasteiger partial charge in [-0.3, -0.25) is 9.97 Å². The van der Waals surface area contributed by atoms with E-state index < -0.39 is 0 Å². The lowest BCUT2D eigenvalue weighted by atomic mass is 10.0. The van der Waals surface area contributed by atoms with Crippen LogP contribution < -0.4 is 0 Å². The largest absolute Gasteiger partial charge is 0.256 e. The highest BCUT2D eigenvalue weighted by molar-refractivity contribution is 5.49. The zero-order chi connectivity index (χ0) is 18.1. The van der Waals surface area contributed by atoms with Crippen LogP contribution in [-0.4, -0.2) is 34.7 Å². The number of hydrogen-bond donors (Lipinski definition) is 0. The Kier molecular flexibility index (Phi) is 4.04. The number of hydrogen-bond acceptors (Lipinski definition) is 5. The summed E-state index contributed by atoms with van der Waals surface area (Å²) in [6.07, 6.45) is 7.67. The molecule has 0 saturated carbocycles. The van der Waals surface area contributed by atoms with Crippen LogP contribution >= 0.6 is 0 Å². The van der Waals surface area contributed by atoms with Crippen molar-refractivity contribution >= 4 is 0 Å². The minimum Gasteiger partial charge on any atom is -0.256 e. The first-order valence-corrected chi connectivity index (χ1v) is 8.42. The van der Waals surface area contributed by atoms with Crippen LogP contribution in [0.5, 0.6) is 0 Å². The molecule has 4 aromatic rings. The van der Waals surface area contributed by atoms with Gasteiger partial charge in [-0.1, -0.05) is 0 Å². The second-order valence-corrected chi connectivity index (χ2v) is 6.22. The molecule has 7 nitrogen and oxygen atoms in total. The van der Waals surface area contributed by atoms with E-state index in [1.165, 1.54) is 0 Å². The van der Waals surface area contributed by atoms with Crippen LogP contribution in [0.15, 0.2) is 49.1 Å². The molecule has 7 heteroatoms. The third-order valence-corrected chi connectivity index (χ3v) is 4.19. The van der Waals surface area contributed by atoms with E-state index in [4.69, 9.17) is 4.98 Å². The summed E-state index contributed by atoms with van der Waals surface area (Å²) in [5.74, 6) is 0. The van der Waals surface area contributed by atoms with Crippen molar-refractivity contribution in [1.82, 2.24) is 34.7 Å². The Morgan fingerprint density at radius 2 is 1.69 bits per heavy atom. The molecule has 0 aliphatic carbocycles. The van der Waals surface area contributed by atoms with Gasteiger partial charge in [-0.2, -0.15) is 15.3 Å². The van der Waals surface area contributed by atoms with E-state index in [0.717, 1.165) is 39.7 Å². The molecule has 0 fully saturated rings. The fraction of sp³-hybridized carbons (Fsp3) is 0.211. The quantitative estimate of drug-likeness (QED) is 0.568. The second-order valence-electron chi connectivity index (χ2n) is 6.22. The standard InChI is InChI=1S/C19H19N7/c1-13-5-6-18(26-21-8-9-22-26)17(24-13)12-16-11-14(2)23-15(3)19(16)25-10-4-7-20-25/h4-11H,12H2,1-3H3. The van der Waals surface area contributed by atoms with Gasteiger partial charge >= 0.3 is 0 Å².